The molecule has 0 saturated carbocycles. The molecule has 1 atom stereocenters. The fraction of sp³-hybridized carbons (Fsp3) is 0.227. The minimum absolute atomic E-state index is 0.0794. The van der Waals surface area contributed by atoms with Gasteiger partial charge >= 0.3 is 6.03 Å². The lowest BCUT2D eigenvalue weighted by molar-refractivity contribution is -0.125. The summed E-state index contributed by atoms with van der Waals surface area (Å²) in [5, 5.41) is 5.71. The van der Waals surface area contributed by atoms with Crippen LogP contribution >= 0.6 is 0 Å². The minimum atomic E-state index is -1.54. The first-order valence-electron chi connectivity index (χ1n) is 9.76. The normalized spacial score (nSPS) is 20.2. The molecule has 158 valence electrons. The average Bonchev–Trinajstić information content (AvgIpc) is 3.41. The van der Waals surface area contributed by atoms with Crippen molar-refractivity contribution in [1.82, 2.24) is 15.5 Å². The number of hydrogen-bond acceptors (Lipinski definition) is 6. The molecule has 9 nitrogen and oxygen atoms in total. The van der Waals surface area contributed by atoms with Gasteiger partial charge in [-0.2, -0.15) is 0 Å². The number of methoxy groups -OCH3 is 1. The molecule has 1 aromatic heterocycles. The van der Waals surface area contributed by atoms with Crippen LogP contribution in [0.3, 0.4) is 0 Å². The minimum Gasteiger partial charge on any atom is -0.497 e. The van der Waals surface area contributed by atoms with Gasteiger partial charge in [-0.25, -0.2) is 4.79 Å². The van der Waals surface area contributed by atoms with Crippen LogP contribution in [0.1, 0.15) is 27.2 Å². The third-order valence-electron chi connectivity index (χ3n) is 5.80. The van der Waals surface area contributed by atoms with Gasteiger partial charge in [0.25, 0.3) is 11.8 Å². The molecule has 0 radical (unpaired) electrons. The number of fused-ring (bicyclic) bond motifs is 2. The van der Waals surface area contributed by atoms with Gasteiger partial charge in [-0.05, 0) is 41.5 Å². The summed E-state index contributed by atoms with van der Waals surface area (Å²) in [5.74, 6) is 0.00520. The maximum absolute atomic E-state index is 13.1. The highest BCUT2D eigenvalue weighted by Crippen LogP contribution is 2.35. The van der Waals surface area contributed by atoms with Crippen molar-refractivity contribution in [2.45, 2.75) is 18.6 Å². The molecule has 2 aliphatic heterocycles. The molecule has 3 heterocycles. The van der Waals surface area contributed by atoms with Gasteiger partial charge in [0.1, 0.15) is 17.1 Å². The van der Waals surface area contributed by atoms with Crippen LogP contribution in [-0.2, 0) is 23.4 Å². The van der Waals surface area contributed by atoms with E-state index in [1.165, 1.54) is 12.0 Å². The van der Waals surface area contributed by atoms with Gasteiger partial charge in [-0.15, -0.1) is 0 Å². The molecule has 1 unspecified atom stereocenters. The molecule has 1 fully saturated rings. The van der Waals surface area contributed by atoms with E-state index in [4.69, 9.17) is 14.9 Å². The first-order valence-corrected chi connectivity index (χ1v) is 9.76. The van der Waals surface area contributed by atoms with Crippen molar-refractivity contribution in [3.8, 4) is 5.75 Å². The number of nitrogens with one attached hydrogen (secondary N) is 2. The van der Waals surface area contributed by atoms with Gasteiger partial charge in [0.05, 0.1) is 13.7 Å². The van der Waals surface area contributed by atoms with E-state index >= 15 is 0 Å². The average molecular weight is 420 g/mol. The number of amides is 4. The van der Waals surface area contributed by atoms with Crippen LogP contribution in [-0.4, -0.2) is 36.4 Å². The van der Waals surface area contributed by atoms with Crippen molar-refractivity contribution in [1.29, 1.82) is 0 Å². The SMILES string of the molecule is COc1ccc2c(c1)C(=O)N(CC1(c3cc4cc(CN)ccc4o3)NC(=O)NC1=O)C2. The second kappa shape index (κ2) is 6.85. The lowest BCUT2D eigenvalue weighted by Gasteiger charge is -2.29. The van der Waals surface area contributed by atoms with Crippen molar-refractivity contribution in [2.75, 3.05) is 13.7 Å². The highest BCUT2D eigenvalue weighted by molar-refractivity contribution is 6.08. The quantitative estimate of drug-likeness (QED) is 0.538. The van der Waals surface area contributed by atoms with Crippen LogP contribution in [0.4, 0.5) is 4.79 Å². The molecule has 1 saturated heterocycles. The predicted octanol–water partition coefficient (Wildman–Crippen LogP) is 1.59. The molecule has 2 aliphatic rings. The Morgan fingerprint density at radius 3 is 2.71 bits per heavy atom. The number of furan rings is 1. The molecule has 2 aromatic carbocycles. The van der Waals surface area contributed by atoms with Gasteiger partial charge in [0.15, 0.2) is 5.54 Å². The van der Waals surface area contributed by atoms with E-state index in [2.05, 4.69) is 10.6 Å². The summed E-state index contributed by atoms with van der Waals surface area (Å²) < 4.78 is 11.2. The van der Waals surface area contributed by atoms with Crippen molar-refractivity contribution in [2.24, 2.45) is 5.73 Å². The Bertz CT molecular complexity index is 1250. The summed E-state index contributed by atoms with van der Waals surface area (Å²) in [6.07, 6.45) is 0. The number of nitrogens with two attached hydrogens (primary N) is 1. The smallest absolute Gasteiger partial charge is 0.322 e. The Labute approximate surface area is 177 Å². The summed E-state index contributed by atoms with van der Waals surface area (Å²) in [6.45, 7) is 0.591. The Morgan fingerprint density at radius 1 is 1.16 bits per heavy atom. The number of nitrogens with zero attached hydrogens (tertiary/aromatic N) is 1. The number of ether oxygens (including phenoxy) is 1. The zero-order valence-corrected chi connectivity index (χ0v) is 16.7. The number of carbonyl (C=O) groups excluding carboxylic acids is 3. The summed E-state index contributed by atoms with van der Waals surface area (Å²) in [7, 11) is 1.53. The van der Waals surface area contributed by atoms with Crippen LogP contribution in [0.2, 0.25) is 0 Å². The Balaban J connectivity index is 1.54. The molecule has 0 bridgehead atoms. The van der Waals surface area contributed by atoms with Crippen LogP contribution < -0.4 is 21.1 Å². The van der Waals surface area contributed by atoms with E-state index in [-0.39, 0.29) is 18.2 Å². The van der Waals surface area contributed by atoms with E-state index in [1.807, 2.05) is 18.2 Å². The fourth-order valence-corrected chi connectivity index (χ4v) is 4.17. The first kappa shape index (κ1) is 19.1. The zero-order chi connectivity index (χ0) is 21.8. The van der Waals surface area contributed by atoms with Gasteiger partial charge in [0, 0.05) is 24.0 Å². The van der Waals surface area contributed by atoms with E-state index in [1.54, 1.807) is 24.3 Å². The Kier molecular flexibility index (Phi) is 4.23. The molecule has 4 N–H and O–H groups in total. The lowest BCUT2D eigenvalue weighted by Crippen LogP contribution is -2.52. The van der Waals surface area contributed by atoms with Gasteiger partial charge in [-0.3, -0.25) is 14.9 Å². The summed E-state index contributed by atoms with van der Waals surface area (Å²) in [4.78, 5) is 39.6. The van der Waals surface area contributed by atoms with Gasteiger partial charge in [-0.1, -0.05) is 12.1 Å². The molecule has 9 heteroatoms. The zero-order valence-electron chi connectivity index (χ0n) is 16.7. The number of benzene rings is 2. The van der Waals surface area contributed by atoms with Crippen LogP contribution in [0.5, 0.6) is 5.75 Å². The highest BCUT2D eigenvalue weighted by Gasteiger charge is 2.53. The summed E-state index contributed by atoms with van der Waals surface area (Å²) in [6, 6.07) is 11.8. The number of imide groups is 1. The van der Waals surface area contributed by atoms with Gasteiger partial charge in [0.2, 0.25) is 0 Å². The van der Waals surface area contributed by atoms with Crippen molar-refractivity contribution < 1.29 is 23.5 Å². The topological polar surface area (TPSA) is 127 Å². The van der Waals surface area contributed by atoms with E-state index in [0.29, 0.717) is 30.0 Å². The summed E-state index contributed by atoms with van der Waals surface area (Å²) >= 11 is 0. The van der Waals surface area contributed by atoms with E-state index in [0.717, 1.165) is 16.5 Å². The van der Waals surface area contributed by atoms with Gasteiger partial charge < -0.3 is 25.1 Å². The second-order valence-electron chi connectivity index (χ2n) is 7.68. The van der Waals surface area contributed by atoms with Crippen LogP contribution in [0, 0.1) is 0 Å². The number of hydrogen-bond donors (Lipinski definition) is 3. The maximum atomic E-state index is 13.1. The first-order chi connectivity index (χ1) is 14.9. The lowest BCUT2D eigenvalue weighted by atomic mass is 9.95. The summed E-state index contributed by atoms with van der Waals surface area (Å²) in [5.41, 5.74) is 6.98. The third-order valence-corrected chi connectivity index (χ3v) is 5.80. The van der Waals surface area contributed by atoms with E-state index < -0.39 is 17.5 Å². The third kappa shape index (κ3) is 2.93. The molecule has 0 aliphatic carbocycles. The largest absolute Gasteiger partial charge is 0.497 e. The fourth-order valence-electron chi connectivity index (χ4n) is 4.17. The molecule has 5 rings (SSSR count). The van der Waals surface area contributed by atoms with Crippen molar-refractivity contribution >= 4 is 28.8 Å². The Hall–Kier alpha value is -3.85. The maximum Gasteiger partial charge on any atom is 0.322 e. The number of urea groups is 1. The second-order valence-corrected chi connectivity index (χ2v) is 7.68. The standard InChI is InChI=1S/C22H20N4O5/c1-30-15-4-3-13-10-26(19(27)16(13)8-15)11-22(20(28)24-21(29)25-22)18-7-14-6-12(9-23)2-5-17(14)31-18/h2-8H,9-11,23H2,1H3,(H2,24,25,28,29). The monoisotopic (exact) mass is 420 g/mol. The van der Waals surface area contributed by atoms with Crippen LogP contribution in [0.25, 0.3) is 11.0 Å². The molecule has 3 aromatic rings. The molecular weight excluding hydrogens is 400 g/mol. The molecule has 0 spiro atoms. The number of rotatable bonds is 5. The highest BCUT2D eigenvalue weighted by atomic mass is 16.5. The predicted molar refractivity (Wildman–Crippen MR) is 110 cm³/mol. The van der Waals surface area contributed by atoms with Crippen molar-refractivity contribution in [3.63, 3.8) is 0 Å². The van der Waals surface area contributed by atoms with E-state index in [9.17, 15) is 14.4 Å². The van der Waals surface area contributed by atoms with Crippen LogP contribution in [0.15, 0.2) is 46.9 Å². The number of carbonyl (C=O) groups is 3. The molecular formula is C22H20N4O5. The molecule has 4 amide bonds. The van der Waals surface area contributed by atoms with Crippen molar-refractivity contribution in [3.05, 3.63) is 64.9 Å². The Morgan fingerprint density at radius 2 is 2.00 bits per heavy atom. The molecule has 31 heavy (non-hydrogen) atoms.